The lowest BCUT2D eigenvalue weighted by molar-refractivity contribution is 0.448. The van der Waals surface area contributed by atoms with Crippen molar-refractivity contribution in [3.63, 3.8) is 0 Å². The van der Waals surface area contributed by atoms with Crippen LogP contribution in [0.1, 0.15) is 32.6 Å². The van der Waals surface area contributed by atoms with Crippen molar-refractivity contribution in [3.8, 4) is 0 Å². The molecule has 1 aliphatic carbocycles. The van der Waals surface area contributed by atoms with E-state index in [2.05, 4.69) is 27.6 Å². The van der Waals surface area contributed by atoms with E-state index >= 15 is 0 Å². The van der Waals surface area contributed by atoms with Gasteiger partial charge in [0, 0.05) is 12.2 Å². The molecule has 0 aliphatic heterocycles. The molecule has 1 aromatic carbocycles. The zero-order chi connectivity index (χ0) is 15.0. The highest BCUT2D eigenvalue weighted by Gasteiger charge is 2.42. The van der Waals surface area contributed by atoms with Crippen molar-refractivity contribution in [2.45, 2.75) is 37.5 Å². The van der Waals surface area contributed by atoms with E-state index in [1.807, 2.05) is 0 Å². The molecule has 7 heteroatoms. The van der Waals surface area contributed by atoms with E-state index < -0.39 is 20.7 Å². The predicted octanol–water partition coefficient (Wildman–Crippen LogP) is 3.03. The highest BCUT2D eigenvalue weighted by atomic mass is 79.9. The quantitative estimate of drug-likeness (QED) is 0.762. The second kappa shape index (κ2) is 5.61. The Bertz CT molecular complexity index is 615. The molecule has 0 spiro atoms. The zero-order valence-electron chi connectivity index (χ0n) is 11.2. The van der Waals surface area contributed by atoms with E-state index in [1.165, 1.54) is 6.07 Å². The van der Waals surface area contributed by atoms with Crippen molar-refractivity contribution < 1.29 is 12.8 Å². The molecule has 2 rings (SSSR count). The van der Waals surface area contributed by atoms with Gasteiger partial charge >= 0.3 is 0 Å². The van der Waals surface area contributed by atoms with Crippen molar-refractivity contribution in [1.82, 2.24) is 4.72 Å². The van der Waals surface area contributed by atoms with Gasteiger partial charge in [0.25, 0.3) is 0 Å². The second-order valence-electron chi connectivity index (χ2n) is 5.39. The Hall–Kier alpha value is -0.660. The van der Waals surface area contributed by atoms with Gasteiger partial charge in [0.15, 0.2) is 5.82 Å². The molecule has 0 amide bonds. The summed E-state index contributed by atoms with van der Waals surface area (Å²) in [6.45, 7) is 2.43. The van der Waals surface area contributed by atoms with E-state index in [0.717, 1.165) is 31.7 Å². The van der Waals surface area contributed by atoms with Crippen molar-refractivity contribution in [2.75, 3.05) is 12.3 Å². The van der Waals surface area contributed by atoms with Gasteiger partial charge in [0.05, 0.1) is 4.47 Å². The van der Waals surface area contributed by atoms with Crippen molar-refractivity contribution in [2.24, 2.45) is 5.41 Å². The van der Waals surface area contributed by atoms with Gasteiger partial charge in [-0.3, -0.25) is 0 Å². The maximum atomic E-state index is 13.9. The third-order valence-corrected chi connectivity index (χ3v) is 5.66. The van der Waals surface area contributed by atoms with Crippen LogP contribution in [-0.2, 0) is 10.0 Å². The van der Waals surface area contributed by atoms with Crippen LogP contribution in [0.4, 0.5) is 10.1 Å². The minimum Gasteiger partial charge on any atom is -0.399 e. The van der Waals surface area contributed by atoms with Crippen LogP contribution in [0, 0.1) is 11.2 Å². The van der Waals surface area contributed by atoms with Crippen LogP contribution in [0.15, 0.2) is 21.5 Å². The predicted molar refractivity (Wildman–Crippen MR) is 80.3 cm³/mol. The van der Waals surface area contributed by atoms with E-state index in [1.54, 1.807) is 0 Å². The standard InChI is InChI=1S/C13H18BrFN2O2S/c1-2-3-13(4-5-13)8-17-20(18,19)11-7-9(16)6-10(14)12(11)15/h6-7,17H,2-5,8,16H2,1H3. The number of hydrogen-bond acceptors (Lipinski definition) is 3. The molecule has 4 nitrogen and oxygen atoms in total. The molecule has 1 aliphatic rings. The van der Waals surface area contributed by atoms with Gasteiger partial charge in [0.1, 0.15) is 4.90 Å². The summed E-state index contributed by atoms with van der Waals surface area (Å²) in [6, 6.07) is 2.48. The average Bonchev–Trinajstić information content (AvgIpc) is 3.12. The molecule has 112 valence electrons. The van der Waals surface area contributed by atoms with Crippen molar-refractivity contribution >= 4 is 31.6 Å². The van der Waals surface area contributed by atoms with Crippen molar-refractivity contribution in [1.29, 1.82) is 0 Å². The molecular weight excluding hydrogens is 347 g/mol. The molecule has 0 unspecified atom stereocenters. The van der Waals surface area contributed by atoms with Gasteiger partial charge < -0.3 is 5.73 Å². The van der Waals surface area contributed by atoms with Gasteiger partial charge in [-0.25, -0.2) is 17.5 Å². The lowest BCUT2D eigenvalue weighted by Gasteiger charge is -2.16. The fourth-order valence-corrected chi connectivity index (χ4v) is 4.23. The first-order valence-electron chi connectivity index (χ1n) is 6.54. The molecular formula is C13H18BrFN2O2S. The van der Waals surface area contributed by atoms with Gasteiger partial charge in [0.2, 0.25) is 10.0 Å². The highest BCUT2D eigenvalue weighted by Crippen LogP contribution is 2.49. The number of nitrogens with two attached hydrogens (primary N) is 1. The Kier molecular flexibility index (Phi) is 4.41. The third-order valence-electron chi connectivity index (χ3n) is 3.68. The summed E-state index contributed by atoms with van der Waals surface area (Å²) < 4.78 is 40.9. The van der Waals surface area contributed by atoms with E-state index in [4.69, 9.17) is 5.73 Å². The van der Waals surface area contributed by atoms with Crippen LogP contribution in [0.5, 0.6) is 0 Å². The molecule has 0 aromatic heterocycles. The Balaban J connectivity index is 2.19. The van der Waals surface area contributed by atoms with Crippen LogP contribution in [0.25, 0.3) is 0 Å². The minimum atomic E-state index is -3.88. The van der Waals surface area contributed by atoms with E-state index in [9.17, 15) is 12.8 Å². The van der Waals surface area contributed by atoms with Gasteiger partial charge in [-0.2, -0.15) is 0 Å². The molecule has 3 N–H and O–H groups in total. The average molecular weight is 365 g/mol. The molecule has 20 heavy (non-hydrogen) atoms. The monoisotopic (exact) mass is 364 g/mol. The van der Waals surface area contributed by atoms with Gasteiger partial charge in [-0.15, -0.1) is 0 Å². The first-order valence-corrected chi connectivity index (χ1v) is 8.81. The number of anilines is 1. The molecule has 0 atom stereocenters. The number of sulfonamides is 1. The summed E-state index contributed by atoms with van der Waals surface area (Å²) in [6.07, 6.45) is 4.04. The Morgan fingerprint density at radius 3 is 2.65 bits per heavy atom. The molecule has 1 fully saturated rings. The minimum absolute atomic E-state index is 0.0487. The number of halogens is 2. The Morgan fingerprint density at radius 2 is 2.10 bits per heavy atom. The highest BCUT2D eigenvalue weighted by molar-refractivity contribution is 9.10. The fourth-order valence-electron chi connectivity index (χ4n) is 2.33. The van der Waals surface area contributed by atoms with Crippen LogP contribution < -0.4 is 10.5 Å². The zero-order valence-corrected chi connectivity index (χ0v) is 13.7. The van der Waals surface area contributed by atoms with Crippen LogP contribution >= 0.6 is 15.9 Å². The number of benzene rings is 1. The normalized spacial score (nSPS) is 17.1. The smallest absolute Gasteiger partial charge is 0.243 e. The topological polar surface area (TPSA) is 72.2 Å². The van der Waals surface area contributed by atoms with Crippen molar-refractivity contribution in [3.05, 3.63) is 22.4 Å². The molecule has 0 bridgehead atoms. The number of nitrogens with one attached hydrogen (secondary N) is 1. The summed E-state index contributed by atoms with van der Waals surface area (Å²) in [5, 5.41) is 0. The maximum absolute atomic E-state index is 13.9. The maximum Gasteiger partial charge on any atom is 0.243 e. The lowest BCUT2D eigenvalue weighted by Crippen LogP contribution is -2.31. The third kappa shape index (κ3) is 3.32. The summed E-state index contributed by atoms with van der Waals surface area (Å²) in [5.41, 5.74) is 5.85. The summed E-state index contributed by atoms with van der Waals surface area (Å²) in [5.74, 6) is -0.813. The molecule has 0 radical (unpaired) electrons. The number of hydrogen-bond donors (Lipinski definition) is 2. The SMILES string of the molecule is CCCC1(CNS(=O)(=O)c2cc(N)cc(Br)c2F)CC1. The Morgan fingerprint density at radius 1 is 1.45 bits per heavy atom. The molecule has 0 heterocycles. The molecule has 1 saturated carbocycles. The van der Waals surface area contributed by atoms with Crippen LogP contribution in [-0.4, -0.2) is 15.0 Å². The fraction of sp³-hybridized carbons (Fsp3) is 0.538. The Labute approximate surface area is 127 Å². The molecule has 1 aromatic rings. The largest absolute Gasteiger partial charge is 0.399 e. The summed E-state index contributed by atoms with van der Waals surface area (Å²) in [4.78, 5) is -0.406. The van der Waals surface area contributed by atoms with Crippen LogP contribution in [0.2, 0.25) is 0 Å². The first-order chi connectivity index (χ1) is 9.30. The van der Waals surface area contributed by atoms with Gasteiger partial charge in [-0.05, 0) is 52.7 Å². The number of rotatable bonds is 6. The molecule has 0 saturated heterocycles. The van der Waals surface area contributed by atoms with Crippen LogP contribution in [0.3, 0.4) is 0 Å². The second-order valence-corrected chi connectivity index (χ2v) is 7.98. The number of nitrogen functional groups attached to an aromatic ring is 1. The summed E-state index contributed by atoms with van der Waals surface area (Å²) in [7, 11) is -3.88. The van der Waals surface area contributed by atoms with E-state index in [0.29, 0.717) is 6.54 Å². The first kappa shape index (κ1) is 15.7. The van der Waals surface area contributed by atoms with Gasteiger partial charge in [-0.1, -0.05) is 13.3 Å². The van der Waals surface area contributed by atoms with E-state index in [-0.39, 0.29) is 15.6 Å². The summed E-state index contributed by atoms with van der Waals surface area (Å²) >= 11 is 2.97. The lowest BCUT2D eigenvalue weighted by atomic mass is 10.0.